The summed E-state index contributed by atoms with van der Waals surface area (Å²) in [5.74, 6) is 0.594. The Labute approximate surface area is 238 Å². The van der Waals surface area contributed by atoms with Crippen molar-refractivity contribution in [1.82, 2.24) is 0 Å². The van der Waals surface area contributed by atoms with E-state index in [-0.39, 0.29) is 41.5 Å². The molecule has 2 aromatic carbocycles. The first kappa shape index (κ1) is 32.7. The van der Waals surface area contributed by atoms with E-state index in [4.69, 9.17) is 0 Å². The van der Waals surface area contributed by atoms with E-state index >= 15 is 0 Å². The predicted octanol–water partition coefficient (Wildman–Crippen LogP) is 9.33. The highest BCUT2D eigenvalue weighted by atomic mass is 16.1. The van der Waals surface area contributed by atoms with Gasteiger partial charge in [0.1, 0.15) is 11.6 Å². The van der Waals surface area contributed by atoms with Crippen LogP contribution in [0.15, 0.2) is 30.3 Å². The number of fused-ring (bicyclic) bond motifs is 1. The van der Waals surface area contributed by atoms with Crippen LogP contribution in [-0.2, 0) is 28.9 Å². The SMILES string of the molecule is CCC.CCCC(CC1CC(=O)c2c(C)ccc(-c3cc(CC)ccc3CC)c2C1)C(CC)C(=O)CC(C)=O. The molecule has 0 heterocycles. The highest BCUT2D eigenvalue weighted by Crippen LogP contribution is 2.41. The molecule has 0 saturated carbocycles. The Balaban J connectivity index is 0.00000170. The molecule has 3 atom stereocenters. The molecule has 3 heteroatoms. The first-order valence-corrected chi connectivity index (χ1v) is 15.4. The zero-order chi connectivity index (χ0) is 29.1. The zero-order valence-corrected chi connectivity index (χ0v) is 25.9. The van der Waals surface area contributed by atoms with Crippen LogP contribution >= 0.6 is 0 Å². The fourth-order valence-corrected chi connectivity index (χ4v) is 6.39. The summed E-state index contributed by atoms with van der Waals surface area (Å²) >= 11 is 0. The fourth-order valence-electron chi connectivity index (χ4n) is 6.39. The molecule has 0 radical (unpaired) electrons. The second kappa shape index (κ2) is 15.9. The summed E-state index contributed by atoms with van der Waals surface area (Å²) in [6.07, 6.45) is 8.21. The Hall–Kier alpha value is -2.55. The van der Waals surface area contributed by atoms with Gasteiger partial charge >= 0.3 is 0 Å². The molecule has 0 aromatic heterocycles. The van der Waals surface area contributed by atoms with Gasteiger partial charge in [-0.05, 0) is 91.2 Å². The van der Waals surface area contributed by atoms with Gasteiger partial charge in [0, 0.05) is 17.9 Å². The van der Waals surface area contributed by atoms with E-state index in [2.05, 4.69) is 78.8 Å². The van der Waals surface area contributed by atoms with Crippen molar-refractivity contribution in [2.75, 3.05) is 0 Å². The highest BCUT2D eigenvalue weighted by Gasteiger charge is 2.34. The first-order chi connectivity index (χ1) is 18.6. The molecule has 0 spiro atoms. The van der Waals surface area contributed by atoms with E-state index < -0.39 is 0 Å². The number of rotatable bonds is 12. The normalized spacial score (nSPS) is 16.1. The molecule has 0 saturated heterocycles. The maximum Gasteiger partial charge on any atom is 0.163 e. The average Bonchev–Trinajstić information content (AvgIpc) is 2.89. The summed E-state index contributed by atoms with van der Waals surface area (Å²) < 4.78 is 0. The third kappa shape index (κ3) is 8.47. The number of benzene rings is 2. The van der Waals surface area contributed by atoms with Gasteiger partial charge in [0.25, 0.3) is 0 Å². The first-order valence-electron chi connectivity index (χ1n) is 15.4. The fraction of sp³-hybridized carbons (Fsp3) is 0.583. The molecule has 0 N–H and O–H groups in total. The van der Waals surface area contributed by atoms with Gasteiger partial charge in [-0.1, -0.05) is 91.1 Å². The van der Waals surface area contributed by atoms with Crippen molar-refractivity contribution in [2.24, 2.45) is 17.8 Å². The molecular formula is C36H52O3. The van der Waals surface area contributed by atoms with Crippen LogP contribution in [0.4, 0.5) is 0 Å². The van der Waals surface area contributed by atoms with Crippen LogP contribution in [0.2, 0.25) is 0 Å². The Morgan fingerprint density at radius 3 is 2.18 bits per heavy atom. The number of aryl methyl sites for hydroxylation is 3. The third-order valence-electron chi connectivity index (χ3n) is 8.16. The number of ketones is 3. The second-order valence-electron chi connectivity index (χ2n) is 11.5. The van der Waals surface area contributed by atoms with Crippen LogP contribution < -0.4 is 0 Å². The number of hydrogen-bond acceptors (Lipinski definition) is 3. The lowest BCUT2D eigenvalue weighted by Crippen LogP contribution is -2.30. The monoisotopic (exact) mass is 532 g/mol. The minimum absolute atomic E-state index is 0.0298. The van der Waals surface area contributed by atoms with Gasteiger partial charge in [-0.3, -0.25) is 14.4 Å². The molecule has 0 amide bonds. The second-order valence-corrected chi connectivity index (χ2v) is 11.5. The summed E-state index contributed by atoms with van der Waals surface area (Å²) in [4.78, 5) is 38.1. The Morgan fingerprint density at radius 1 is 0.923 bits per heavy atom. The number of carbonyl (C=O) groups excluding carboxylic acids is 3. The molecule has 1 aliphatic rings. The predicted molar refractivity (Wildman–Crippen MR) is 165 cm³/mol. The van der Waals surface area contributed by atoms with E-state index in [9.17, 15) is 14.4 Å². The number of hydrogen-bond donors (Lipinski definition) is 0. The minimum Gasteiger partial charge on any atom is -0.300 e. The van der Waals surface area contributed by atoms with Gasteiger partial charge in [-0.25, -0.2) is 0 Å². The van der Waals surface area contributed by atoms with Crippen molar-refractivity contribution < 1.29 is 14.4 Å². The maximum atomic E-state index is 13.5. The number of carbonyl (C=O) groups is 3. The lowest BCUT2D eigenvalue weighted by atomic mass is 9.71. The summed E-state index contributed by atoms with van der Waals surface area (Å²) in [6.45, 7) is 16.4. The molecule has 3 nitrogen and oxygen atoms in total. The van der Waals surface area contributed by atoms with Crippen LogP contribution in [0.5, 0.6) is 0 Å². The van der Waals surface area contributed by atoms with E-state index in [0.29, 0.717) is 6.42 Å². The van der Waals surface area contributed by atoms with Crippen LogP contribution in [-0.4, -0.2) is 17.3 Å². The molecular weight excluding hydrogens is 480 g/mol. The topological polar surface area (TPSA) is 51.2 Å². The Bertz CT molecular complexity index is 1130. The summed E-state index contributed by atoms with van der Waals surface area (Å²) in [7, 11) is 0. The summed E-state index contributed by atoms with van der Waals surface area (Å²) in [5.41, 5.74) is 8.26. The van der Waals surface area contributed by atoms with Crippen molar-refractivity contribution in [3.8, 4) is 11.1 Å². The summed E-state index contributed by atoms with van der Waals surface area (Å²) in [5, 5.41) is 0. The van der Waals surface area contributed by atoms with Crippen LogP contribution in [0.1, 0.15) is 126 Å². The molecule has 214 valence electrons. The van der Waals surface area contributed by atoms with Gasteiger partial charge < -0.3 is 0 Å². The van der Waals surface area contributed by atoms with Gasteiger partial charge in [0.15, 0.2) is 5.78 Å². The largest absolute Gasteiger partial charge is 0.300 e. The molecule has 0 bridgehead atoms. The molecule has 0 aliphatic heterocycles. The van der Waals surface area contributed by atoms with Crippen LogP contribution in [0, 0.1) is 24.7 Å². The van der Waals surface area contributed by atoms with E-state index in [1.165, 1.54) is 41.2 Å². The van der Waals surface area contributed by atoms with E-state index in [1.54, 1.807) is 0 Å². The summed E-state index contributed by atoms with van der Waals surface area (Å²) in [6, 6.07) is 11.1. The zero-order valence-electron chi connectivity index (χ0n) is 25.9. The molecule has 1 aliphatic carbocycles. The quantitative estimate of drug-likeness (QED) is 0.256. The van der Waals surface area contributed by atoms with Crippen molar-refractivity contribution in [2.45, 2.75) is 120 Å². The third-order valence-corrected chi connectivity index (χ3v) is 8.16. The molecule has 2 aromatic rings. The van der Waals surface area contributed by atoms with Gasteiger partial charge in [0.05, 0.1) is 6.42 Å². The van der Waals surface area contributed by atoms with E-state index in [1.807, 2.05) is 0 Å². The van der Waals surface area contributed by atoms with Crippen molar-refractivity contribution in [3.05, 3.63) is 58.1 Å². The molecule has 3 rings (SSSR count). The van der Waals surface area contributed by atoms with Crippen LogP contribution in [0.3, 0.4) is 0 Å². The van der Waals surface area contributed by atoms with Gasteiger partial charge in [-0.15, -0.1) is 0 Å². The smallest absolute Gasteiger partial charge is 0.163 e. The van der Waals surface area contributed by atoms with Crippen LogP contribution in [0.25, 0.3) is 11.1 Å². The molecule has 39 heavy (non-hydrogen) atoms. The van der Waals surface area contributed by atoms with Gasteiger partial charge in [-0.2, -0.15) is 0 Å². The van der Waals surface area contributed by atoms with Crippen molar-refractivity contribution in [1.29, 1.82) is 0 Å². The number of Topliss-reactive ketones (excluding diaryl/α,β-unsaturated/α-hetero) is 3. The van der Waals surface area contributed by atoms with E-state index in [0.717, 1.165) is 56.1 Å². The minimum atomic E-state index is -0.102. The maximum absolute atomic E-state index is 13.5. The Kier molecular flexibility index (Phi) is 13.3. The van der Waals surface area contributed by atoms with Crippen molar-refractivity contribution in [3.63, 3.8) is 0 Å². The lowest BCUT2D eigenvalue weighted by molar-refractivity contribution is -0.129. The lowest BCUT2D eigenvalue weighted by Gasteiger charge is -2.33. The highest BCUT2D eigenvalue weighted by molar-refractivity contribution is 6.02. The molecule has 0 fully saturated rings. The standard InChI is InChI=1S/C33H44O3.C3H8/c1-7-11-26(27(10-4)31(35)16-22(6)34)17-24-19-30-28(15-12-21(5)33(30)32(36)20-24)29-18-23(8-2)13-14-25(29)9-3;1-3-2/h12-15,18,24,26-27H,7-11,16-17,19-20H2,1-6H3;3H2,1-2H3. The Morgan fingerprint density at radius 2 is 1.62 bits per heavy atom. The van der Waals surface area contributed by atoms with Crippen molar-refractivity contribution >= 4 is 17.3 Å². The molecule has 3 unspecified atom stereocenters. The average molecular weight is 533 g/mol. The van der Waals surface area contributed by atoms with Gasteiger partial charge in [0.2, 0.25) is 0 Å².